The fourth-order valence-electron chi connectivity index (χ4n) is 2.54. The van der Waals surface area contributed by atoms with Gasteiger partial charge in [-0.05, 0) is 24.3 Å². The van der Waals surface area contributed by atoms with E-state index in [-0.39, 0.29) is 17.1 Å². The van der Waals surface area contributed by atoms with Crippen LogP contribution in [0.25, 0.3) is 10.9 Å². The summed E-state index contributed by atoms with van der Waals surface area (Å²) < 4.78 is 20.8. The van der Waals surface area contributed by atoms with Gasteiger partial charge in [-0.15, -0.1) is 11.8 Å². The molecule has 5 nitrogen and oxygen atoms in total. The molecule has 0 aliphatic heterocycles. The lowest BCUT2D eigenvalue weighted by Crippen LogP contribution is -2.20. The molecule has 0 unspecified atom stereocenters. The van der Waals surface area contributed by atoms with E-state index in [1.807, 2.05) is 30.3 Å². The maximum absolute atomic E-state index is 13.7. The number of ether oxygens (including phenoxy) is 1. The Labute approximate surface area is 163 Å². The Kier molecular flexibility index (Phi) is 6.15. The SMILES string of the molecule is O=C(O)c1cn(COCCSc2ccccc2)c2cc(Cl)c(F)cc2c1=O. The molecule has 0 radical (unpaired) electrons. The summed E-state index contributed by atoms with van der Waals surface area (Å²) in [6.45, 7) is 0.416. The third kappa shape index (κ3) is 4.50. The average molecular weight is 408 g/mol. The number of carboxylic acid groups (broad SMARTS) is 1. The number of pyridine rings is 1. The number of halogens is 2. The van der Waals surface area contributed by atoms with Gasteiger partial charge in [0.05, 0.1) is 17.1 Å². The van der Waals surface area contributed by atoms with Crippen LogP contribution < -0.4 is 5.43 Å². The average Bonchev–Trinajstić information content (AvgIpc) is 2.65. The number of carbonyl (C=O) groups is 1. The minimum atomic E-state index is -1.38. The number of hydrogen-bond donors (Lipinski definition) is 1. The number of rotatable bonds is 7. The van der Waals surface area contributed by atoms with E-state index in [0.29, 0.717) is 17.9 Å². The molecule has 0 saturated heterocycles. The van der Waals surface area contributed by atoms with Gasteiger partial charge < -0.3 is 14.4 Å². The van der Waals surface area contributed by atoms with Crippen LogP contribution in [0.5, 0.6) is 0 Å². The van der Waals surface area contributed by atoms with Crippen molar-refractivity contribution in [3.8, 4) is 0 Å². The predicted octanol–water partition coefficient (Wildman–Crippen LogP) is 4.26. The lowest BCUT2D eigenvalue weighted by atomic mass is 10.1. The number of aromatic nitrogens is 1. The molecule has 0 aliphatic carbocycles. The smallest absolute Gasteiger partial charge is 0.341 e. The molecule has 1 aromatic heterocycles. The van der Waals surface area contributed by atoms with Crippen LogP contribution >= 0.6 is 23.4 Å². The minimum absolute atomic E-state index is 0.00830. The van der Waals surface area contributed by atoms with Crippen molar-refractivity contribution in [1.29, 1.82) is 0 Å². The molecule has 0 atom stereocenters. The second-order valence-corrected chi connectivity index (χ2v) is 7.20. The molecule has 3 rings (SSSR count). The van der Waals surface area contributed by atoms with Crippen molar-refractivity contribution in [2.75, 3.05) is 12.4 Å². The molecule has 2 aromatic carbocycles. The third-order valence-corrected chi connectivity index (χ3v) is 5.09. The highest BCUT2D eigenvalue weighted by atomic mass is 35.5. The number of thioether (sulfide) groups is 1. The van der Waals surface area contributed by atoms with Crippen LogP contribution in [0.15, 0.2) is 58.4 Å². The van der Waals surface area contributed by atoms with Crippen LogP contribution in [0, 0.1) is 5.82 Å². The molecule has 0 saturated carbocycles. The predicted molar refractivity (Wildman–Crippen MR) is 103 cm³/mol. The van der Waals surface area contributed by atoms with Crippen LogP contribution in [-0.2, 0) is 11.5 Å². The van der Waals surface area contributed by atoms with Crippen molar-refractivity contribution in [2.24, 2.45) is 0 Å². The Morgan fingerprint density at radius 2 is 2.00 bits per heavy atom. The zero-order valence-corrected chi connectivity index (χ0v) is 15.6. The first-order valence-electron chi connectivity index (χ1n) is 7.98. The summed E-state index contributed by atoms with van der Waals surface area (Å²) in [6.07, 6.45) is 1.19. The van der Waals surface area contributed by atoms with E-state index >= 15 is 0 Å². The topological polar surface area (TPSA) is 68.5 Å². The van der Waals surface area contributed by atoms with Gasteiger partial charge in [-0.25, -0.2) is 9.18 Å². The van der Waals surface area contributed by atoms with Crippen molar-refractivity contribution in [2.45, 2.75) is 11.6 Å². The summed E-state index contributed by atoms with van der Waals surface area (Å²) >= 11 is 7.44. The Balaban J connectivity index is 1.78. The van der Waals surface area contributed by atoms with Crippen molar-refractivity contribution in [3.63, 3.8) is 0 Å². The summed E-state index contributed by atoms with van der Waals surface area (Å²) in [5, 5.41) is 9.02. The van der Waals surface area contributed by atoms with Gasteiger partial charge in [0.25, 0.3) is 0 Å². The van der Waals surface area contributed by atoms with Crippen molar-refractivity contribution in [3.05, 3.63) is 75.3 Å². The van der Waals surface area contributed by atoms with Crippen molar-refractivity contribution in [1.82, 2.24) is 4.57 Å². The highest BCUT2D eigenvalue weighted by Crippen LogP contribution is 2.22. The molecule has 0 amide bonds. The Hall–Kier alpha value is -2.35. The van der Waals surface area contributed by atoms with Crippen LogP contribution in [-0.4, -0.2) is 28.0 Å². The molecule has 0 spiro atoms. The van der Waals surface area contributed by atoms with E-state index in [1.165, 1.54) is 16.8 Å². The largest absolute Gasteiger partial charge is 0.477 e. The minimum Gasteiger partial charge on any atom is -0.477 e. The van der Waals surface area contributed by atoms with Crippen LogP contribution in [0.4, 0.5) is 4.39 Å². The summed E-state index contributed by atoms with van der Waals surface area (Å²) in [4.78, 5) is 24.7. The van der Waals surface area contributed by atoms with E-state index in [4.69, 9.17) is 16.3 Å². The molecule has 0 aliphatic rings. The third-order valence-electron chi connectivity index (χ3n) is 3.82. The second-order valence-electron chi connectivity index (χ2n) is 5.63. The molecule has 0 bridgehead atoms. The zero-order valence-electron chi connectivity index (χ0n) is 14.0. The van der Waals surface area contributed by atoms with Crippen molar-refractivity contribution < 1.29 is 19.0 Å². The fourth-order valence-corrected chi connectivity index (χ4v) is 3.49. The van der Waals surface area contributed by atoms with Gasteiger partial charge in [-0.1, -0.05) is 29.8 Å². The Bertz CT molecular complexity index is 1040. The molecule has 1 N–H and O–H groups in total. The first-order chi connectivity index (χ1) is 13.0. The standard InChI is InChI=1S/C19H15ClFNO4S/c20-15-9-17-13(8-16(15)21)18(23)14(19(24)25)10-22(17)11-26-6-7-27-12-4-2-1-3-5-12/h1-5,8-10H,6-7,11H2,(H,24,25). The molecular weight excluding hydrogens is 393 g/mol. The van der Waals surface area contributed by atoms with E-state index < -0.39 is 22.8 Å². The first-order valence-corrected chi connectivity index (χ1v) is 9.35. The second kappa shape index (κ2) is 8.56. The molecule has 27 heavy (non-hydrogen) atoms. The number of benzene rings is 2. The number of nitrogens with zero attached hydrogens (tertiary/aromatic N) is 1. The number of carboxylic acids is 1. The fraction of sp³-hybridized carbons (Fsp3) is 0.158. The highest BCUT2D eigenvalue weighted by molar-refractivity contribution is 7.99. The Morgan fingerprint density at radius 3 is 2.70 bits per heavy atom. The highest BCUT2D eigenvalue weighted by Gasteiger charge is 2.16. The number of fused-ring (bicyclic) bond motifs is 1. The van der Waals surface area contributed by atoms with Crippen molar-refractivity contribution >= 4 is 40.2 Å². The van der Waals surface area contributed by atoms with E-state index in [1.54, 1.807) is 11.8 Å². The van der Waals surface area contributed by atoms with Gasteiger partial charge >= 0.3 is 5.97 Å². The number of aromatic carboxylic acids is 1. The van der Waals surface area contributed by atoms with Crippen LogP contribution in [0.3, 0.4) is 0 Å². The van der Waals surface area contributed by atoms with Gasteiger partial charge in [0.2, 0.25) is 5.43 Å². The zero-order chi connectivity index (χ0) is 19.4. The van der Waals surface area contributed by atoms with Gasteiger partial charge in [0.1, 0.15) is 18.1 Å². The maximum Gasteiger partial charge on any atom is 0.341 e. The van der Waals surface area contributed by atoms with Crippen LogP contribution in [0.1, 0.15) is 10.4 Å². The molecule has 8 heteroatoms. The summed E-state index contributed by atoms with van der Waals surface area (Å²) in [5.41, 5.74) is -0.900. The van der Waals surface area contributed by atoms with Gasteiger partial charge in [-0.2, -0.15) is 0 Å². The van der Waals surface area contributed by atoms with Crippen LogP contribution in [0.2, 0.25) is 5.02 Å². The number of hydrogen-bond acceptors (Lipinski definition) is 4. The maximum atomic E-state index is 13.7. The lowest BCUT2D eigenvalue weighted by molar-refractivity contribution is 0.0690. The van der Waals surface area contributed by atoms with E-state index in [2.05, 4.69) is 0 Å². The molecule has 3 aromatic rings. The summed E-state index contributed by atoms with van der Waals surface area (Å²) in [5.74, 6) is -1.47. The normalized spacial score (nSPS) is 11.0. The lowest BCUT2D eigenvalue weighted by Gasteiger charge is -2.13. The quantitative estimate of drug-likeness (QED) is 0.468. The van der Waals surface area contributed by atoms with E-state index in [0.717, 1.165) is 11.0 Å². The molecular formula is C19H15ClFNO4S. The van der Waals surface area contributed by atoms with Gasteiger partial charge in [0.15, 0.2) is 0 Å². The molecule has 0 fully saturated rings. The monoisotopic (exact) mass is 407 g/mol. The van der Waals surface area contributed by atoms with Gasteiger partial charge in [-0.3, -0.25) is 4.79 Å². The van der Waals surface area contributed by atoms with E-state index in [9.17, 15) is 19.1 Å². The first kappa shape index (κ1) is 19.4. The summed E-state index contributed by atoms with van der Waals surface area (Å²) in [6, 6.07) is 12.1. The molecule has 1 heterocycles. The van der Waals surface area contributed by atoms with Gasteiger partial charge in [0, 0.05) is 22.2 Å². The molecule has 140 valence electrons. The summed E-state index contributed by atoms with van der Waals surface area (Å²) in [7, 11) is 0. The Morgan fingerprint density at radius 1 is 1.26 bits per heavy atom.